The minimum absolute atomic E-state index is 0.00620. The van der Waals surface area contributed by atoms with Crippen LogP contribution in [0.1, 0.15) is 38.9 Å². The molecule has 0 aliphatic carbocycles. The van der Waals surface area contributed by atoms with E-state index in [4.69, 9.17) is 12.2 Å². The minimum atomic E-state index is -0.00620. The Labute approximate surface area is 107 Å². The summed E-state index contributed by atoms with van der Waals surface area (Å²) in [4.78, 5) is 11.7. The first-order valence-corrected chi connectivity index (χ1v) is 6.50. The van der Waals surface area contributed by atoms with Gasteiger partial charge in [-0.15, -0.1) is 0 Å². The van der Waals surface area contributed by atoms with Crippen LogP contribution in [0.5, 0.6) is 0 Å². The summed E-state index contributed by atoms with van der Waals surface area (Å²) in [5.41, 5.74) is 0. The van der Waals surface area contributed by atoms with Crippen molar-refractivity contribution in [2.45, 2.75) is 46.1 Å². The first-order valence-electron chi connectivity index (χ1n) is 6.09. The first-order chi connectivity index (χ1) is 8.19. The number of hydrogen-bond acceptors (Lipinski definition) is 3. The molecule has 1 aromatic heterocycles. The molecule has 0 saturated heterocycles. The molecule has 0 fully saturated rings. The highest BCUT2D eigenvalue weighted by Crippen LogP contribution is 2.01. The largest absolute Gasteiger partial charge is 0.355 e. The van der Waals surface area contributed by atoms with Crippen LogP contribution in [0.4, 0.5) is 0 Å². The van der Waals surface area contributed by atoms with Crippen molar-refractivity contribution in [3.05, 3.63) is 10.6 Å². The van der Waals surface area contributed by atoms with E-state index in [1.54, 1.807) is 4.57 Å². The predicted molar refractivity (Wildman–Crippen MR) is 69.3 cm³/mol. The SMILES string of the molecule is CCCCNC(=O)Cn1c(CCC)n[nH]c1=S. The van der Waals surface area contributed by atoms with Crippen LogP contribution in [0.25, 0.3) is 0 Å². The molecule has 1 aromatic rings. The summed E-state index contributed by atoms with van der Waals surface area (Å²) in [5.74, 6) is 0.844. The molecule has 1 heterocycles. The van der Waals surface area contributed by atoms with E-state index < -0.39 is 0 Å². The molecule has 1 amide bonds. The van der Waals surface area contributed by atoms with Gasteiger partial charge in [0.15, 0.2) is 4.77 Å². The Balaban J connectivity index is 2.57. The van der Waals surface area contributed by atoms with E-state index in [0.29, 0.717) is 4.77 Å². The fraction of sp³-hybridized carbons (Fsp3) is 0.727. The Morgan fingerprint density at radius 3 is 2.88 bits per heavy atom. The third kappa shape index (κ3) is 4.30. The lowest BCUT2D eigenvalue weighted by Gasteiger charge is -2.07. The topological polar surface area (TPSA) is 62.7 Å². The van der Waals surface area contributed by atoms with Crippen LogP contribution < -0.4 is 5.32 Å². The Hall–Kier alpha value is -1.17. The number of nitrogens with one attached hydrogen (secondary N) is 2. The summed E-state index contributed by atoms with van der Waals surface area (Å²) >= 11 is 5.11. The zero-order valence-electron chi connectivity index (χ0n) is 10.5. The minimum Gasteiger partial charge on any atom is -0.355 e. The van der Waals surface area contributed by atoms with Gasteiger partial charge in [0.2, 0.25) is 5.91 Å². The van der Waals surface area contributed by atoms with E-state index in [2.05, 4.69) is 29.4 Å². The zero-order chi connectivity index (χ0) is 12.7. The smallest absolute Gasteiger partial charge is 0.240 e. The number of H-pyrrole nitrogens is 1. The molecule has 2 N–H and O–H groups in total. The van der Waals surface area contributed by atoms with Crippen LogP contribution in [0, 0.1) is 4.77 Å². The van der Waals surface area contributed by atoms with Gasteiger partial charge in [0.1, 0.15) is 12.4 Å². The summed E-state index contributed by atoms with van der Waals surface area (Å²) < 4.78 is 2.28. The molecule has 17 heavy (non-hydrogen) atoms. The van der Waals surface area contributed by atoms with E-state index >= 15 is 0 Å². The predicted octanol–water partition coefficient (Wildman–Crippen LogP) is 1.81. The number of unbranched alkanes of at least 4 members (excludes halogenated alkanes) is 1. The molecule has 1 rings (SSSR count). The number of aryl methyl sites for hydroxylation is 1. The van der Waals surface area contributed by atoms with Crippen molar-refractivity contribution >= 4 is 18.1 Å². The number of rotatable bonds is 7. The molecule has 96 valence electrons. The lowest BCUT2D eigenvalue weighted by atomic mass is 10.3. The second kappa shape index (κ2) is 7.21. The van der Waals surface area contributed by atoms with Gasteiger partial charge < -0.3 is 5.32 Å². The van der Waals surface area contributed by atoms with Crippen LogP contribution in [0.15, 0.2) is 0 Å². The monoisotopic (exact) mass is 256 g/mol. The average Bonchev–Trinajstić information content (AvgIpc) is 2.62. The Bertz CT molecular complexity index is 410. The van der Waals surface area contributed by atoms with E-state index in [9.17, 15) is 4.79 Å². The molecule has 0 aromatic carbocycles. The number of hydrogen-bond donors (Lipinski definition) is 2. The molecule has 0 aliphatic heterocycles. The second-order valence-corrected chi connectivity index (χ2v) is 4.37. The number of aromatic amines is 1. The van der Waals surface area contributed by atoms with Crippen molar-refractivity contribution in [3.8, 4) is 0 Å². The number of carbonyl (C=O) groups excluding carboxylic acids is 1. The third-order valence-electron chi connectivity index (χ3n) is 2.47. The molecule has 0 radical (unpaired) electrons. The molecule has 0 atom stereocenters. The Kier molecular flexibility index (Phi) is 5.90. The first kappa shape index (κ1) is 13.9. The molecule has 0 spiro atoms. The van der Waals surface area contributed by atoms with Gasteiger partial charge in [0.25, 0.3) is 0 Å². The highest BCUT2D eigenvalue weighted by Gasteiger charge is 2.09. The summed E-state index contributed by atoms with van der Waals surface area (Å²) in [7, 11) is 0. The van der Waals surface area contributed by atoms with Crippen molar-refractivity contribution in [3.63, 3.8) is 0 Å². The number of carbonyl (C=O) groups is 1. The van der Waals surface area contributed by atoms with Gasteiger partial charge in [-0.1, -0.05) is 20.3 Å². The summed E-state index contributed by atoms with van der Waals surface area (Å²) in [5, 5.41) is 9.72. The molecule has 0 bridgehead atoms. The Morgan fingerprint density at radius 2 is 2.24 bits per heavy atom. The third-order valence-corrected chi connectivity index (χ3v) is 2.78. The maximum Gasteiger partial charge on any atom is 0.240 e. The van der Waals surface area contributed by atoms with Crippen LogP contribution in [0.2, 0.25) is 0 Å². The van der Waals surface area contributed by atoms with Crippen LogP contribution in [-0.2, 0) is 17.8 Å². The van der Waals surface area contributed by atoms with Gasteiger partial charge in [-0.3, -0.25) is 14.5 Å². The van der Waals surface area contributed by atoms with E-state index in [-0.39, 0.29) is 12.5 Å². The molecule has 0 aliphatic rings. The zero-order valence-corrected chi connectivity index (χ0v) is 11.3. The van der Waals surface area contributed by atoms with Crippen LogP contribution in [0.3, 0.4) is 0 Å². The molecule has 0 unspecified atom stereocenters. The van der Waals surface area contributed by atoms with Gasteiger partial charge in [0.05, 0.1) is 0 Å². The lowest BCUT2D eigenvalue weighted by molar-refractivity contribution is -0.121. The highest BCUT2D eigenvalue weighted by atomic mass is 32.1. The maximum atomic E-state index is 11.7. The van der Waals surface area contributed by atoms with Gasteiger partial charge in [-0.25, -0.2) is 0 Å². The molecule has 0 saturated carbocycles. The second-order valence-electron chi connectivity index (χ2n) is 3.98. The van der Waals surface area contributed by atoms with Crippen molar-refractivity contribution in [2.24, 2.45) is 0 Å². The normalized spacial score (nSPS) is 10.5. The summed E-state index contributed by atoms with van der Waals surface area (Å²) in [6.45, 7) is 5.15. The maximum absolute atomic E-state index is 11.7. The lowest BCUT2D eigenvalue weighted by Crippen LogP contribution is -2.29. The number of nitrogens with zero attached hydrogens (tertiary/aromatic N) is 2. The van der Waals surface area contributed by atoms with E-state index in [1.807, 2.05) is 0 Å². The standard InChI is InChI=1S/C11H20N4OS/c1-3-5-7-12-10(16)8-15-9(6-4-2)13-14-11(15)17/h3-8H2,1-2H3,(H,12,16)(H,14,17). The van der Waals surface area contributed by atoms with Crippen LogP contribution >= 0.6 is 12.2 Å². The number of amides is 1. The van der Waals surface area contributed by atoms with E-state index in [1.165, 1.54) is 0 Å². The van der Waals surface area contributed by atoms with E-state index in [0.717, 1.165) is 38.1 Å². The molecule has 5 nitrogen and oxygen atoms in total. The fourth-order valence-corrected chi connectivity index (χ4v) is 1.75. The van der Waals surface area contributed by atoms with Crippen molar-refractivity contribution < 1.29 is 4.79 Å². The molecular weight excluding hydrogens is 236 g/mol. The van der Waals surface area contributed by atoms with Crippen LogP contribution in [-0.4, -0.2) is 27.2 Å². The fourth-order valence-electron chi connectivity index (χ4n) is 1.53. The van der Waals surface area contributed by atoms with Gasteiger partial charge in [0, 0.05) is 13.0 Å². The Morgan fingerprint density at radius 1 is 1.47 bits per heavy atom. The van der Waals surface area contributed by atoms with Gasteiger partial charge in [-0.05, 0) is 25.1 Å². The average molecular weight is 256 g/mol. The van der Waals surface area contributed by atoms with Crippen molar-refractivity contribution in [2.75, 3.05) is 6.54 Å². The van der Waals surface area contributed by atoms with Crippen molar-refractivity contribution in [1.82, 2.24) is 20.1 Å². The summed E-state index contributed by atoms with van der Waals surface area (Å²) in [6.07, 6.45) is 3.89. The molecule has 6 heteroatoms. The van der Waals surface area contributed by atoms with Gasteiger partial charge in [-0.2, -0.15) is 5.10 Å². The molecular formula is C11H20N4OS. The highest BCUT2D eigenvalue weighted by molar-refractivity contribution is 7.71. The van der Waals surface area contributed by atoms with Gasteiger partial charge >= 0.3 is 0 Å². The van der Waals surface area contributed by atoms with Crippen molar-refractivity contribution in [1.29, 1.82) is 0 Å². The quantitative estimate of drug-likeness (QED) is 0.577. The number of aromatic nitrogens is 3. The summed E-state index contributed by atoms with van der Waals surface area (Å²) in [6, 6.07) is 0.